The molecule has 0 radical (unpaired) electrons. The Kier molecular flexibility index (Phi) is 4.94. The van der Waals surface area contributed by atoms with Gasteiger partial charge in [-0.15, -0.1) is 0 Å². The van der Waals surface area contributed by atoms with Crippen LogP contribution >= 0.6 is 15.9 Å². The van der Waals surface area contributed by atoms with Crippen LogP contribution in [0, 0.1) is 17.1 Å². The first-order chi connectivity index (χ1) is 11.2. The van der Waals surface area contributed by atoms with Crippen molar-refractivity contribution in [1.29, 1.82) is 5.26 Å². The number of nitrogens with one attached hydrogen (secondary N) is 1. The highest BCUT2D eigenvalue weighted by Gasteiger charge is 2.21. The number of rotatable bonds is 4. The lowest BCUT2D eigenvalue weighted by molar-refractivity contribution is 0.289. The average Bonchev–Trinajstić information content (AvgIpc) is 2.98. The summed E-state index contributed by atoms with van der Waals surface area (Å²) < 4.78 is 21.7. The summed E-state index contributed by atoms with van der Waals surface area (Å²) in [6.07, 6.45) is 3.52. The summed E-state index contributed by atoms with van der Waals surface area (Å²) in [6.45, 7) is 1.96. The van der Waals surface area contributed by atoms with Gasteiger partial charge in [0.1, 0.15) is 18.4 Å². The molecule has 120 valence electrons. The summed E-state index contributed by atoms with van der Waals surface area (Å²) in [4.78, 5) is 0. The van der Waals surface area contributed by atoms with Gasteiger partial charge < -0.3 is 10.1 Å². The van der Waals surface area contributed by atoms with Gasteiger partial charge >= 0.3 is 0 Å². The van der Waals surface area contributed by atoms with Crippen molar-refractivity contribution in [3.63, 3.8) is 0 Å². The minimum atomic E-state index is -0.441. The normalized spacial score (nSPS) is 15.3. The second kappa shape index (κ2) is 7.11. The molecule has 7 heteroatoms. The number of nitriles is 1. The molecule has 1 aliphatic heterocycles. The molecule has 1 saturated heterocycles. The van der Waals surface area contributed by atoms with Crippen LogP contribution in [-0.4, -0.2) is 22.9 Å². The average molecular weight is 379 g/mol. The summed E-state index contributed by atoms with van der Waals surface area (Å²) in [7, 11) is 0. The van der Waals surface area contributed by atoms with Gasteiger partial charge in [-0.3, -0.25) is 4.68 Å². The topological polar surface area (TPSA) is 62.9 Å². The summed E-state index contributed by atoms with van der Waals surface area (Å²) in [5, 5.41) is 17.1. The molecule has 3 rings (SSSR count). The number of nitrogens with zero attached hydrogens (tertiary/aromatic N) is 3. The van der Waals surface area contributed by atoms with Gasteiger partial charge in [-0.2, -0.15) is 10.4 Å². The Balaban J connectivity index is 1.75. The first kappa shape index (κ1) is 16.0. The van der Waals surface area contributed by atoms with Crippen molar-refractivity contribution in [3.05, 3.63) is 45.9 Å². The third kappa shape index (κ3) is 3.54. The zero-order chi connectivity index (χ0) is 16.2. The van der Waals surface area contributed by atoms with E-state index in [2.05, 4.69) is 32.4 Å². The molecule has 2 heterocycles. The number of piperidine rings is 1. The molecule has 5 nitrogen and oxygen atoms in total. The largest absolute Gasteiger partial charge is 0.486 e. The van der Waals surface area contributed by atoms with Gasteiger partial charge in [-0.25, -0.2) is 4.39 Å². The van der Waals surface area contributed by atoms with Crippen molar-refractivity contribution in [2.24, 2.45) is 0 Å². The molecule has 0 unspecified atom stereocenters. The number of halogens is 2. The number of hydrogen-bond acceptors (Lipinski definition) is 4. The van der Waals surface area contributed by atoms with Crippen molar-refractivity contribution in [2.75, 3.05) is 13.1 Å². The standard InChI is InChI=1S/C16H16BrFN4O/c17-12-1-2-16(14(18)7-12)23-10-11-9-21-22(15(11)8-19)13-3-5-20-6-4-13/h1-2,7,9,13,20H,3-6,10H2. The Morgan fingerprint density at radius 3 is 2.91 bits per heavy atom. The Hall–Kier alpha value is -1.91. The monoisotopic (exact) mass is 378 g/mol. The van der Waals surface area contributed by atoms with Crippen LogP contribution in [0.2, 0.25) is 0 Å². The van der Waals surface area contributed by atoms with E-state index in [1.807, 2.05) is 0 Å². The SMILES string of the molecule is N#Cc1c(COc2ccc(Br)cc2F)cnn1C1CCNCC1. The maximum atomic E-state index is 13.8. The molecule has 1 fully saturated rings. The van der Waals surface area contributed by atoms with Crippen LogP contribution in [-0.2, 0) is 6.61 Å². The molecule has 1 N–H and O–H groups in total. The Morgan fingerprint density at radius 2 is 2.22 bits per heavy atom. The summed E-state index contributed by atoms with van der Waals surface area (Å²) >= 11 is 3.21. The quantitative estimate of drug-likeness (QED) is 0.887. The summed E-state index contributed by atoms with van der Waals surface area (Å²) in [5.41, 5.74) is 1.17. The molecule has 0 saturated carbocycles. The van der Waals surface area contributed by atoms with Crippen molar-refractivity contribution in [2.45, 2.75) is 25.5 Å². The first-order valence-electron chi connectivity index (χ1n) is 7.44. The predicted octanol–water partition coefficient (Wildman–Crippen LogP) is 3.16. The Morgan fingerprint density at radius 1 is 1.43 bits per heavy atom. The highest BCUT2D eigenvalue weighted by Crippen LogP contribution is 2.25. The molecule has 1 aliphatic rings. The highest BCUT2D eigenvalue weighted by atomic mass is 79.9. The molecule has 0 bridgehead atoms. The number of benzene rings is 1. The van der Waals surface area contributed by atoms with Gasteiger partial charge in [0.2, 0.25) is 0 Å². The highest BCUT2D eigenvalue weighted by molar-refractivity contribution is 9.10. The lowest BCUT2D eigenvalue weighted by Gasteiger charge is -2.23. The molecule has 0 atom stereocenters. The maximum Gasteiger partial charge on any atom is 0.166 e. The van der Waals surface area contributed by atoms with E-state index in [1.165, 1.54) is 6.07 Å². The number of hydrogen-bond donors (Lipinski definition) is 1. The van der Waals surface area contributed by atoms with Gasteiger partial charge in [0.15, 0.2) is 11.6 Å². The molecule has 0 spiro atoms. The van der Waals surface area contributed by atoms with E-state index in [9.17, 15) is 9.65 Å². The fourth-order valence-electron chi connectivity index (χ4n) is 2.70. The van der Waals surface area contributed by atoms with Crippen molar-refractivity contribution in [3.8, 4) is 11.8 Å². The van der Waals surface area contributed by atoms with E-state index in [0.717, 1.165) is 25.9 Å². The number of ether oxygens (including phenoxy) is 1. The van der Waals surface area contributed by atoms with E-state index >= 15 is 0 Å². The van der Waals surface area contributed by atoms with Crippen molar-refractivity contribution in [1.82, 2.24) is 15.1 Å². The molecule has 23 heavy (non-hydrogen) atoms. The van der Waals surface area contributed by atoms with Gasteiger partial charge in [0.05, 0.1) is 12.2 Å². The minimum Gasteiger partial charge on any atom is -0.486 e. The first-order valence-corrected chi connectivity index (χ1v) is 8.23. The molecule has 0 amide bonds. The lowest BCUT2D eigenvalue weighted by Crippen LogP contribution is -2.30. The van der Waals surface area contributed by atoms with Crippen molar-refractivity contribution < 1.29 is 9.13 Å². The molecular formula is C16H16BrFN4O. The van der Waals surface area contributed by atoms with Crippen LogP contribution in [0.3, 0.4) is 0 Å². The molecule has 2 aromatic rings. The maximum absolute atomic E-state index is 13.8. The molecule has 1 aromatic heterocycles. The smallest absolute Gasteiger partial charge is 0.166 e. The van der Waals surface area contributed by atoms with Crippen LogP contribution < -0.4 is 10.1 Å². The summed E-state index contributed by atoms with van der Waals surface area (Å²) in [6, 6.07) is 7.04. The Bertz CT molecular complexity index is 734. The van der Waals surface area contributed by atoms with Gasteiger partial charge in [-0.1, -0.05) is 15.9 Å². The third-order valence-corrected chi connectivity index (χ3v) is 4.40. The van der Waals surface area contributed by atoms with Crippen LogP contribution in [0.1, 0.15) is 30.1 Å². The van der Waals surface area contributed by atoms with E-state index in [4.69, 9.17) is 4.74 Å². The van der Waals surface area contributed by atoms with Crippen molar-refractivity contribution >= 4 is 15.9 Å². The van der Waals surface area contributed by atoms with Gasteiger partial charge in [0, 0.05) is 10.0 Å². The van der Waals surface area contributed by atoms with Crippen LogP contribution in [0.4, 0.5) is 4.39 Å². The van der Waals surface area contributed by atoms with Crippen LogP contribution in [0.5, 0.6) is 5.75 Å². The zero-order valence-corrected chi connectivity index (χ0v) is 14.0. The second-order valence-electron chi connectivity index (χ2n) is 5.42. The molecule has 1 aromatic carbocycles. The van der Waals surface area contributed by atoms with Gasteiger partial charge in [0.25, 0.3) is 0 Å². The fourth-order valence-corrected chi connectivity index (χ4v) is 3.04. The van der Waals surface area contributed by atoms with Crippen LogP contribution in [0.15, 0.2) is 28.9 Å². The van der Waals surface area contributed by atoms with E-state index in [-0.39, 0.29) is 18.4 Å². The minimum absolute atomic E-state index is 0.117. The Labute approximate surface area is 142 Å². The third-order valence-electron chi connectivity index (χ3n) is 3.91. The lowest BCUT2D eigenvalue weighted by atomic mass is 10.1. The predicted molar refractivity (Wildman–Crippen MR) is 86.5 cm³/mol. The van der Waals surface area contributed by atoms with E-state index in [1.54, 1.807) is 23.0 Å². The van der Waals surface area contributed by atoms with Crippen LogP contribution in [0.25, 0.3) is 0 Å². The second-order valence-corrected chi connectivity index (χ2v) is 6.34. The van der Waals surface area contributed by atoms with E-state index < -0.39 is 5.82 Å². The zero-order valence-electron chi connectivity index (χ0n) is 12.4. The molecule has 0 aliphatic carbocycles. The molecular weight excluding hydrogens is 363 g/mol. The number of aromatic nitrogens is 2. The fraction of sp³-hybridized carbons (Fsp3) is 0.375. The van der Waals surface area contributed by atoms with E-state index in [0.29, 0.717) is 15.7 Å². The van der Waals surface area contributed by atoms with Gasteiger partial charge in [-0.05, 0) is 44.1 Å². The summed E-state index contributed by atoms with van der Waals surface area (Å²) in [5.74, 6) is -0.282.